The van der Waals surface area contributed by atoms with Gasteiger partial charge in [-0.05, 0) is 41.8 Å². The summed E-state index contributed by atoms with van der Waals surface area (Å²) in [6, 6.07) is 13.5. The highest BCUT2D eigenvalue weighted by atomic mass is 19.1. The van der Waals surface area contributed by atoms with Gasteiger partial charge in [0, 0.05) is 12.6 Å². The minimum atomic E-state index is -0.205. The normalized spacial score (nSPS) is 10.9. The molecule has 0 atom stereocenters. The van der Waals surface area contributed by atoms with Gasteiger partial charge in [-0.3, -0.25) is 0 Å². The highest BCUT2D eigenvalue weighted by Gasteiger charge is 2.05. The SMILES string of the molecule is Cc1cc(OCc2ccccc2CNC(C)C)ccc1F. The van der Waals surface area contributed by atoms with Gasteiger partial charge in [-0.2, -0.15) is 0 Å². The molecule has 21 heavy (non-hydrogen) atoms. The summed E-state index contributed by atoms with van der Waals surface area (Å²) in [6.07, 6.45) is 0. The number of nitrogens with one attached hydrogen (secondary N) is 1. The first kappa shape index (κ1) is 15.5. The van der Waals surface area contributed by atoms with Gasteiger partial charge >= 0.3 is 0 Å². The van der Waals surface area contributed by atoms with Crippen molar-refractivity contribution in [2.24, 2.45) is 0 Å². The Morgan fingerprint density at radius 1 is 1.10 bits per heavy atom. The molecule has 0 aliphatic carbocycles. The average molecular weight is 287 g/mol. The van der Waals surface area contributed by atoms with Crippen molar-refractivity contribution in [2.75, 3.05) is 0 Å². The third-order valence-electron chi connectivity index (χ3n) is 3.34. The molecule has 2 nitrogen and oxygen atoms in total. The first-order chi connectivity index (χ1) is 10.1. The molecule has 0 heterocycles. The Morgan fingerprint density at radius 3 is 2.48 bits per heavy atom. The van der Waals surface area contributed by atoms with Crippen LogP contribution in [0, 0.1) is 12.7 Å². The minimum absolute atomic E-state index is 0.205. The third kappa shape index (κ3) is 4.57. The second kappa shape index (κ2) is 7.23. The van der Waals surface area contributed by atoms with Crippen molar-refractivity contribution in [3.8, 4) is 5.75 Å². The van der Waals surface area contributed by atoms with Gasteiger partial charge in [-0.1, -0.05) is 38.1 Å². The summed E-state index contributed by atoms with van der Waals surface area (Å²) in [6.45, 7) is 7.30. The van der Waals surface area contributed by atoms with E-state index in [1.165, 1.54) is 11.6 Å². The molecule has 1 N–H and O–H groups in total. The van der Waals surface area contributed by atoms with E-state index < -0.39 is 0 Å². The second-order valence-electron chi connectivity index (χ2n) is 5.50. The lowest BCUT2D eigenvalue weighted by molar-refractivity contribution is 0.303. The zero-order valence-corrected chi connectivity index (χ0v) is 12.8. The fourth-order valence-corrected chi connectivity index (χ4v) is 2.05. The molecule has 0 aliphatic heterocycles. The molecule has 112 valence electrons. The van der Waals surface area contributed by atoms with Crippen LogP contribution in [-0.2, 0) is 13.2 Å². The summed E-state index contributed by atoms with van der Waals surface area (Å²) in [5.74, 6) is 0.490. The number of ether oxygens (including phenoxy) is 1. The first-order valence-electron chi connectivity index (χ1n) is 7.25. The number of hydrogen-bond acceptors (Lipinski definition) is 2. The van der Waals surface area contributed by atoms with Crippen LogP contribution in [0.5, 0.6) is 5.75 Å². The second-order valence-corrected chi connectivity index (χ2v) is 5.50. The van der Waals surface area contributed by atoms with Crippen molar-refractivity contribution in [3.63, 3.8) is 0 Å². The van der Waals surface area contributed by atoms with E-state index in [-0.39, 0.29) is 5.82 Å². The van der Waals surface area contributed by atoms with Crippen LogP contribution < -0.4 is 10.1 Å². The topological polar surface area (TPSA) is 21.3 Å². The molecule has 2 rings (SSSR count). The van der Waals surface area contributed by atoms with E-state index >= 15 is 0 Å². The number of aryl methyl sites for hydroxylation is 1. The number of benzene rings is 2. The lowest BCUT2D eigenvalue weighted by Gasteiger charge is -2.13. The molecular weight excluding hydrogens is 265 g/mol. The number of hydrogen-bond donors (Lipinski definition) is 1. The van der Waals surface area contributed by atoms with E-state index in [1.807, 2.05) is 12.1 Å². The monoisotopic (exact) mass is 287 g/mol. The molecule has 3 heteroatoms. The molecule has 2 aromatic rings. The average Bonchev–Trinajstić information content (AvgIpc) is 2.47. The molecule has 0 bridgehead atoms. The molecular formula is C18H22FNO. The van der Waals surface area contributed by atoms with Crippen molar-refractivity contribution in [2.45, 2.75) is 40.0 Å². The molecule has 0 saturated carbocycles. The summed E-state index contributed by atoms with van der Waals surface area (Å²) >= 11 is 0. The Balaban J connectivity index is 2.03. The summed E-state index contributed by atoms with van der Waals surface area (Å²) in [4.78, 5) is 0. The fraction of sp³-hybridized carbons (Fsp3) is 0.333. The van der Waals surface area contributed by atoms with E-state index in [1.54, 1.807) is 19.1 Å². The summed E-state index contributed by atoms with van der Waals surface area (Å²) in [7, 11) is 0. The van der Waals surface area contributed by atoms with E-state index in [9.17, 15) is 4.39 Å². The zero-order valence-electron chi connectivity index (χ0n) is 12.8. The predicted octanol–water partition coefficient (Wildman–Crippen LogP) is 4.21. The smallest absolute Gasteiger partial charge is 0.126 e. The first-order valence-corrected chi connectivity index (χ1v) is 7.25. The van der Waals surface area contributed by atoms with E-state index in [2.05, 4.69) is 31.3 Å². The van der Waals surface area contributed by atoms with Gasteiger partial charge in [0.1, 0.15) is 18.2 Å². The molecule has 0 aliphatic rings. The zero-order chi connectivity index (χ0) is 15.2. The van der Waals surface area contributed by atoms with E-state index in [4.69, 9.17) is 4.74 Å². The largest absolute Gasteiger partial charge is 0.489 e. The van der Waals surface area contributed by atoms with Crippen LogP contribution in [0.15, 0.2) is 42.5 Å². The van der Waals surface area contributed by atoms with Gasteiger partial charge in [-0.25, -0.2) is 4.39 Å². The Labute approximate surface area is 126 Å². The van der Waals surface area contributed by atoms with Crippen molar-refractivity contribution in [1.82, 2.24) is 5.32 Å². The van der Waals surface area contributed by atoms with Crippen molar-refractivity contribution in [1.29, 1.82) is 0 Å². The van der Waals surface area contributed by atoms with Crippen LogP contribution in [0.25, 0.3) is 0 Å². The fourth-order valence-electron chi connectivity index (χ4n) is 2.05. The standard InChI is InChI=1S/C18H22FNO/c1-13(2)20-11-15-6-4-5-7-16(15)12-21-17-8-9-18(19)14(3)10-17/h4-10,13,20H,11-12H2,1-3H3. The van der Waals surface area contributed by atoms with Crippen LogP contribution in [-0.4, -0.2) is 6.04 Å². The molecule has 0 amide bonds. The maximum absolute atomic E-state index is 13.2. The molecule has 0 spiro atoms. The Morgan fingerprint density at radius 2 is 1.81 bits per heavy atom. The van der Waals surface area contributed by atoms with Crippen LogP contribution in [0.2, 0.25) is 0 Å². The van der Waals surface area contributed by atoms with Crippen molar-refractivity contribution in [3.05, 3.63) is 65.0 Å². The molecule has 0 unspecified atom stereocenters. The third-order valence-corrected chi connectivity index (χ3v) is 3.34. The van der Waals surface area contributed by atoms with Gasteiger partial charge in [0.15, 0.2) is 0 Å². The number of rotatable bonds is 6. The van der Waals surface area contributed by atoms with Gasteiger partial charge in [0.05, 0.1) is 0 Å². The maximum atomic E-state index is 13.2. The van der Waals surface area contributed by atoms with E-state index in [0.717, 1.165) is 12.1 Å². The Hall–Kier alpha value is -1.87. The van der Waals surface area contributed by atoms with Gasteiger partial charge in [-0.15, -0.1) is 0 Å². The van der Waals surface area contributed by atoms with Crippen LogP contribution in [0.3, 0.4) is 0 Å². The molecule has 0 fully saturated rings. The Bertz CT molecular complexity index is 596. The van der Waals surface area contributed by atoms with Gasteiger partial charge in [0.25, 0.3) is 0 Å². The Kier molecular flexibility index (Phi) is 5.34. The van der Waals surface area contributed by atoms with Gasteiger partial charge in [0.2, 0.25) is 0 Å². The highest BCUT2D eigenvalue weighted by molar-refractivity contribution is 5.31. The predicted molar refractivity (Wildman–Crippen MR) is 83.9 cm³/mol. The van der Waals surface area contributed by atoms with Crippen LogP contribution >= 0.6 is 0 Å². The molecule has 0 aromatic heterocycles. The van der Waals surface area contributed by atoms with Crippen LogP contribution in [0.4, 0.5) is 4.39 Å². The van der Waals surface area contributed by atoms with Crippen molar-refractivity contribution < 1.29 is 9.13 Å². The maximum Gasteiger partial charge on any atom is 0.126 e. The summed E-state index contributed by atoms with van der Waals surface area (Å²) < 4.78 is 19.0. The van der Waals surface area contributed by atoms with Crippen LogP contribution in [0.1, 0.15) is 30.5 Å². The van der Waals surface area contributed by atoms with Crippen molar-refractivity contribution >= 4 is 0 Å². The number of halogens is 1. The quantitative estimate of drug-likeness (QED) is 0.859. The van der Waals surface area contributed by atoms with E-state index in [0.29, 0.717) is 24.0 Å². The minimum Gasteiger partial charge on any atom is -0.489 e. The summed E-state index contributed by atoms with van der Waals surface area (Å²) in [5.41, 5.74) is 2.97. The van der Waals surface area contributed by atoms with Gasteiger partial charge < -0.3 is 10.1 Å². The molecule has 0 radical (unpaired) electrons. The summed E-state index contributed by atoms with van der Waals surface area (Å²) in [5, 5.41) is 3.41. The lowest BCUT2D eigenvalue weighted by Crippen LogP contribution is -2.22. The lowest BCUT2D eigenvalue weighted by atomic mass is 10.1. The molecule has 2 aromatic carbocycles. The highest BCUT2D eigenvalue weighted by Crippen LogP contribution is 2.18. The molecule has 0 saturated heterocycles.